The van der Waals surface area contributed by atoms with Crippen molar-refractivity contribution in [3.8, 4) is 5.75 Å². The molecule has 1 heterocycles. The van der Waals surface area contributed by atoms with Crippen LogP contribution in [0.5, 0.6) is 5.75 Å². The van der Waals surface area contributed by atoms with Gasteiger partial charge < -0.3 is 10.5 Å². The number of hydrogen-bond donors (Lipinski definition) is 1. The van der Waals surface area contributed by atoms with Crippen LogP contribution in [0.2, 0.25) is 0 Å². The lowest BCUT2D eigenvalue weighted by atomic mass is 10.1. The van der Waals surface area contributed by atoms with Crippen molar-refractivity contribution in [2.24, 2.45) is 5.73 Å². The van der Waals surface area contributed by atoms with Gasteiger partial charge in [0, 0.05) is 22.7 Å². The molecule has 0 atom stereocenters. The van der Waals surface area contributed by atoms with Crippen LogP contribution in [0.4, 0.5) is 8.78 Å². The Bertz CT molecular complexity index is 347. The van der Waals surface area contributed by atoms with Crippen molar-refractivity contribution in [3.05, 3.63) is 22.4 Å². The molecule has 0 spiro atoms. The average Bonchev–Trinajstić information content (AvgIpc) is 2.21. The second-order valence-electron chi connectivity index (χ2n) is 3.04. The summed E-state index contributed by atoms with van der Waals surface area (Å²) >= 11 is 3.15. The number of aromatic nitrogens is 1. The molecule has 1 aromatic heterocycles. The van der Waals surface area contributed by atoms with Gasteiger partial charge in [0.2, 0.25) is 0 Å². The van der Waals surface area contributed by atoms with Crippen molar-refractivity contribution < 1.29 is 13.5 Å². The molecule has 6 heteroatoms. The molecule has 0 amide bonds. The van der Waals surface area contributed by atoms with E-state index in [2.05, 4.69) is 20.9 Å². The van der Waals surface area contributed by atoms with E-state index in [0.717, 1.165) is 0 Å². The van der Waals surface area contributed by atoms with E-state index >= 15 is 0 Å². The van der Waals surface area contributed by atoms with Crippen LogP contribution in [0.25, 0.3) is 0 Å². The van der Waals surface area contributed by atoms with E-state index in [1.165, 1.54) is 19.5 Å². The highest BCUT2D eigenvalue weighted by Crippen LogP contribution is 2.30. The molecule has 15 heavy (non-hydrogen) atoms. The first-order valence-corrected chi connectivity index (χ1v) is 5.03. The van der Waals surface area contributed by atoms with Crippen LogP contribution in [0, 0.1) is 0 Å². The Balaban J connectivity index is 3.02. The number of pyridine rings is 1. The molecule has 0 fully saturated rings. The molecule has 0 aromatic carbocycles. The van der Waals surface area contributed by atoms with Gasteiger partial charge in [0.15, 0.2) is 0 Å². The third-order valence-electron chi connectivity index (χ3n) is 1.92. The van der Waals surface area contributed by atoms with Gasteiger partial charge in [-0.3, -0.25) is 4.98 Å². The van der Waals surface area contributed by atoms with Gasteiger partial charge >= 0.3 is 0 Å². The monoisotopic (exact) mass is 280 g/mol. The van der Waals surface area contributed by atoms with Crippen molar-refractivity contribution in [1.29, 1.82) is 0 Å². The van der Waals surface area contributed by atoms with Crippen LogP contribution < -0.4 is 10.5 Å². The molecule has 0 aliphatic rings. The molecule has 2 N–H and O–H groups in total. The van der Waals surface area contributed by atoms with Gasteiger partial charge in [0.05, 0.1) is 19.9 Å². The van der Waals surface area contributed by atoms with Gasteiger partial charge in [0.1, 0.15) is 5.75 Å². The van der Waals surface area contributed by atoms with Gasteiger partial charge in [-0.15, -0.1) is 0 Å². The zero-order chi connectivity index (χ0) is 11.5. The van der Waals surface area contributed by atoms with Crippen LogP contribution in [0.3, 0.4) is 0 Å². The van der Waals surface area contributed by atoms with Crippen LogP contribution in [-0.2, 0) is 6.42 Å². The SMILES string of the molecule is COc1cncc(Br)c1CC(F)(F)CN. The number of halogens is 3. The molecule has 0 radical (unpaired) electrons. The molecule has 0 aliphatic carbocycles. The van der Waals surface area contributed by atoms with Gasteiger partial charge in [-0.05, 0) is 15.9 Å². The lowest BCUT2D eigenvalue weighted by Crippen LogP contribution is -2.30. The lowest BCUT2D eigenvalue weighted by Gasteiger charge is -2.16. The van der Waals surface area contributed by atoms with E-state index < -0.39 is 18.9 Å². The van der Waals surface area contributed by atoms with E-state index in [9.17, 15) is 8.78 Å². The lowest BCUT2D eigenvalue weighted by molar-refractivity contribution is 0.0108. The molecule has 0 unspecified atom stereocenters. The van der Waals surface area contributed by atoms with Gasteiger partial charge in [-0.2, -0.15) is 0 Å². The Morgan fingerprint density at radius 3 is 2.73 bits per heavy atom. The third-order valence-corrected chi connectivity index (χ3v) is 2.60. The van der Waals surface area contributed by atoms with Crippen LogP contribution in [0.15, 0.2) is 16.9 Å². The Kier molecular flexibility index (Phi) is 3.98. The molecule has 0 bridgehead atoms. The number of ether oxygens (including phenoxy) is 1. The maximum absolute atomic E-state index is 13.1. The fraction of sp³-hybridized carbons (Fsp3) is 0.444. The Hall–Kier alpha value is -0.750. The van der Waals surface area contributed by atoms with Gasteiger partial charge in [-0.25, -0.2) is 8.78 Å². The quantitative estimate of drug-likeness (QED) is 0.918. The zero-order valence-corrected chi connectivity index (χ0v) is 9.72. The molecule has 1 aromatic rings. The number of alkyl halides is 2. The molecule has 1 rings (SSSR count). The minimum Gasteiger partial charge on any atom is -0.495 e. The number of nitrogens with zero attached hydrogens (tertiary/aromatic N) is 1. The normalized spacial score (nSPS) is 11.5. The number of nitrogens with two attached hydrogens (primary N) is 1. The van der Waals surface area contributed by atoms with E-state index in [1.807, 2.05) is 0 Å². The number of methoxy groups -OCH3 is 1. The van der Waals surface area contributed by atoms with Crippen molar-refractivity contribution in [2.75, 3.05) is 13.7 Å². The molecule has 84 valence electrons. The predicted molar refractivity (Wildman–Crippen MR) is 56.2 cm³/mol. The van der Waals surface area contributed by atoms with Crippen LogP contribution in [0.1, 0.15) is 5.56 Å². The first-order chi connectivity index (χ1) is 7.00. The summed E-state index contributed by atoms with van der Waals surface area (Å²) in [6, 6.07) is 0. The smallest absolute Gasteiger partial charge is 0.264 e. The summed E-state index contributed by atoms with van der Waals surface area (Å²) < 4.78 is 31.7. The Morgan fingerprint density at radius 1 is 1.53 bits per heavy atom. The molecule has 0 aliphatic heterocycles. The number of hydrogen-bond acceptors (Lipinski definition) is 3. The summed E-state index contributed by atoms with van der Waals surface area (Å²) in [6.07, 6.45) is 2.38. The summed E-state index contributed by atoms with van der Waals surface area (Å²) in [5, 5.41) is 0. The highest BCUT2D eigenvalue weighted by Gasteiger charge is 2.29. The van der Waals surface area contributed by atoms with Crippen molar-refractivity contribution in [1.82, 2.24) is 4.98 Å². The van der Waals surface area contributed by atoms with Crippen LogP contribution >= 0.6 is 15.9 Å². The highest BCUT2D eigenvalue weighted by molar-refractivity contribution is 9.10. The summed E-state index contributed by atoms with van der Waals surface area (Å²) in [4.78, 5) is 3.82. The van der Waals surface area contributed by atoms with Gasteiger partial charge in [0.25, 0.3) is 5.92 Å². The minimum atomic E-state index is -2.93. The van der Waals surface area contributed by atoms with E-state index in [1.54, 1.807) is 0 Å². The third kappa shape index (κ3) is 3.10. The second kappa shape index (κ2) is 4.85. The Morgan fingerprint density at radius 2 is 2.20 bits per heavy atom. The zero-order valence-electron chi connectivity index (χ0n) is 8.14. The van der Waals surface area contributed by atoms with Crippen molar-refractivity contribution >= 4 is 15.9 Å². The first kappa shape index (κ1) is 12.3. The van der Waals surface area contributed by atoms with Gasteiger partial charge in [-0.1, -0.05) is 0 Å². The molecule has 0 saturated carbocycles. The highest BCUT2D eigenvalue weighted by atomic mass is 79.9. The van der Waals surface area contributed by atoms with Crippen LogP contribution in [-0.4, -0.2) is 24.6 Å². The average molecular weight is 281 g/mol. The predicted octanol–water partition coefficient (Wildman–Crippen LogP) is 1.99. The molecule has 3 nitrogen and oxygen atoms in total. The standard InChI is InChI=1S/C9H11BrF2N2O/c1-15-8-4-14-3-7(10)6(8)2-9(11,12)5-13/h3-4H,2,5,13H2,1H3. The summed E-state index contributed by atoms with van der Waals surface area (Å²) in [5.41, 5.74) is 5.35. The summed E-state index contributed by atoms with van der Waals surface area (Å²) in [7, 11) is 1.41. The van der Waals surface area contributed by atoms with E-state index in [4.69, 9.17) is 10.5 Å². The molecule has 0 saturated heterocycles. The molecular weight excluding hydrogens is 270 g/mol. The minimum absolute atomic E-state index is 0.331. The maximum Gasteiger partial charge on any atom is 0.264 e. The maximum atomic E-state index is 13.1. The fourth-order valence-electron chi connectivity index (χ4n) is 1.12. The fourth-order valence-corrected chi connectivity index (χ4v) is 1.58. The van der Waals surface area contributed by atoms with Crippen molar-refractivity contribution in [3.63, 3.8) is 0 Å². The van der Waals surface area contributed by atoms with E-state index in [-0.39, 0.29) is 0 Å². The summed E-state index contributed by atoms with van der Waals surface area (Å²) in [5.74, 6) is -2.60. The first-order valence-electron chi connectivity index (χ1n) is 4.24. The molecular formula is C9H11BrF2N2O. The Labute approximate surface area is 94.8 Å². The largest absolute Gasteiger partial charge is 0.495 e. The van der Waals surface area contributed by atoms with Crippen molar-refractivity contribution in [2.45, 2.75) is 12.3 Å². The van der Waals surface area contributed by atoms with E-state index in [0.29, 0.717) is 15.8 Å². The number of rotatable bonds is 4. The topological polar surface area (TPSA) is 48.1 Å². The summed E-state index contributed by atoms with van der Waals surface area (Å²) in [6.45, 7) is -0.690. The second-order valence-corrected chi connectivity index (χ2v) is 3.89.